The van der Waals surface area contributed by atoms with Gasteiger partial charge in [0.1, 0.15) is 5.82 Å². The molecular weight excluding hydrogens is 223 g/mol. The molecule has 0 aromatic heterocycles. The molecule has 0 bridgehead atoms. The predicted molar refractivity (Wildman–Crippen MR) is 62.3 cm³/mol. The molecule has 1 aliphatic rings. The van der Waals surface area contributed by atoms with Crippen molar-refractivity contribution in [2.24, 2.45) is 5.73 Å². The number of nitro groups is 1. The van der Waals surface area contributed by atoms with Crippen LogP contribution >= 0.6 is 0 Å². The third-order valence-electron chi connectivity index (χ3n) is 3.67. The maximum absolute atomic E-state index is 13.9. The van der Waals surface area contributed by atoms with E-state index < -0.39 is 10.7 Å². The largest absolute Gasteiger partial charge is 0.330 e. The summed E-state index contributed by atoms with van der Waals surface area (Å²) in [6, 6.07) is 3.92. The van der Waals surface area contributed by atoms with Crippen LogP contribution in [0.15, 0.2) is 18.2 Å². The summed E-state index contributed by atoms with van der Waals surface area (Å²) in [6.07, 6.45) is 3.63. The second kappa shape index (κ2) is 4.41. The molecule has 4 nitrogen and oxygen atoms in total. The van der Waals surface area contributed by atoms with E-state index in [0.717, 1.165) is 31.7 Å². The molecule has 0 unspecified atom stereocenters. The van der Waals surface area contributed by atoms with Crippen molar-refractivity contribution >= 4 is 5.69 Å². The van der Waals surface area contributed by atoms with E-state index in [0.29, 0.717) is 12.1 Å². The molecule has 0 aliphatic heterocycles. The van der Waals surface area contributed by atoms with Gasteiger partial charge in [-0.25, -0.2) is 4.39 Å². The molecule has 0 amide bonds. The van der Waals surface area contributed by atoms with Gasteiger partial charge < -0.3 is 5.73 Å². The first kappa shape index (κ1) is 12.0. The maximum atomic E-state index is 13.9. The molecular formula is C12H15FN2O2. The van der Waals surface area contributed by atoms with Gasteiger partial charge >= 0.3 is 0 Å². The van der Waals surface area contributed by atoms with E-state index in [4.69, 9.17) is 5.73 Å². The summed E-state index contributed by atoms with van der Waals surface area (Å²) in [4.78, 5) is 9.96. The Balaban J connectivity index is 2.35. The summed E-state index contributed by atoms with van der Waals surface area (Å²) in [5, 5.41) is 10.5. The topological polar surface area (TPSA) is 69.2 Å². The minimum absolute atomic E-state index is 0.187. The Morgan fingerprint density at radius 3 is 2.59 bits per heavy atom. The zero-order chi connectivity index (χ0) is 12.5. The Morgan fingerprint density at radius 1 is 1.47 bits per heavy atom. The quantitative estimate of drug-likeness (QED) is 0.647. The SMILES string of the molecule is NCCC1(c2ccc([N+](=O)[O-])cc2F)CCC1. The number of halogens is 1. The van der Waals surface area contributed by atoms with Gasteiger partial charge in [-0.1, -0.05) is 6.42 Å². The summed E-state index contributed by atoms with van der Waals surface area (Å²) in [6.45, 7) is 0.510. The number of benzene rings is 1. The molecule has 17 heavy (non-hydrogen) atoms. The minimum atomic E-state index is -0.580. The molecule has 1 aromatic rings. The van der Waals surface area contributed by atoms with E-state index in [2.05, 4.69) is 0 Å². The highest BCUT2D eigenvalue weighted by Crippen LogP contribution is 2.47. The Hall–Kier alpha value is -1.49. The van der Waals surface area contributed by atoms with Gasteiger partial charge in [0.15, 0.2) is 0 Å². The fourth-order valence-electron chi connectivity index (χ4n) is 2.58. The normalized spacial score (nSPS) is 17.5. The van der Waals surface area contributed by atoms with Crippen molar-refractivity contribution in [3.63, 3.8) is 0 Å². The highest BCUT2D eigenvalue weighted by molar-refractivity contribution is 5.39. The Labute approximate surface area is 98.8 Å². The van der Waals surface area contributed by atoms with Crippen molar-refractivity contribution in [1.29, 1.82) is 0 Å². The van der Waals surface area contributed by atoms with E-state index in [-0.39, 0.29) is 11.1 Å². The molecule has 0 atom stereocenters. The van der Waals surface area contributed by atoms with Crippen LogP contribution in [0.5, 0.6) is 0 Å². The average molecular weight is 238 g/mol. The number of hydrogen-bond acceptors (Lipinski definition) is 3. The van der Waals surface area contributed by atoms with Crippen LogP contribution in [0.4, 0.5) is 10.1 Å². The Morgan fingerprint density at radius 2 is 2.18 bits per heavy atom. The fraction of sp³-hybridized carbons (Fsp3) is 0.500. The lowest BCUT2D eigenvalue weighted by Gasteiger charge is -2.42. The highest BCUT2D eigenvalue weighted by Gasteiger charge is 2.40. The van der Waals surface area contributed by atoms with Crippen molar-refractivity contribution in [3.05, 3.63) is 39.7 Å². The summed E-state index contributed by atoms with van der Waals surface area (Å²) in [5.74, 6) is -0.479. The second-order valence-electron chi connectivity index (χ2n) is 4.59. The van der Waals surface area contributed by atoms with Crippen molar-refractivity contribution in [2.75, 3.05) is 6.54 Å². The minimum Gasteiger partial charge on any atom is -0.330 e. The van der Waals surface area contributed by atoms with Crippen molar-refractivity contribution in [2.45, 2.75) is 31.1 Å². The van der Waals surface area contributed by atoms with E-state index in [1.54, 1.807) is 6.07 Å². The highest BCUT2D eigenvalue weighted by atomic mass is 19.1. The molecule has 2 N–H and O–H groups in total. The lowest BCUT2D eigenvalue weighted by atomic mass is 9.62. The molecule has 0 heterocycles. The van der Waals surface area contributed by atoms with Crippen LogP contribution in [0.3, 0.4) is 0 Å². The van der Waals surface area contributed by atoms with Crippen LogP contribution in [0.1, 0.15) is 31.2 Å². The van der Waals surface area contributed by atoms with Crippen molar-refractivity contribution in [1.82, 2.24) is 0 Å². The molecule has 1 aliphatic carbocycles. The first-order valence-electron chi connectivity index (χ1n) is 5.73. The van der Waals surface area contributed by atoms with E-state index >= 15 is 0 Å². The molecule has 0 radical (unpaired) electrons. The van der Waals surface area contributed by atoms with Gasteiger partial charge in [0.05, 0.1) is 11.0 Å². The van der Waals surface area contributed by atoms with Gasteiger partial charge in [0, 0.05) is 6.07 Å². The number of non-ortho nitro benzene ring substituents is 1. The van der Waals surface area contributed by atoms with Crippen LogP contribution in [0.2, 0.25) is 0 Å². The van der Waals surface area contributed by atoms with Crippen molar-refractivity contribution in [3.8, 4) is 0 Å². The number of nitrogens with two attached hydrogens (primary N) is 1. The Bertz CT molecular complexity index is 444. The number of hydrogen-bond donors (Lipinski definition) is 1. The summed E-state index contributed by atoms with van der Waals surface area (Å²) in [5.41, 5.74) is 5.76. The van der Waals surface area contributed by atoms with Crippen LogP contribution in [0, 0.1) is 15.9 Å². The molecule has 1 saturated carbocycles. The van der Waals surface area contributed by atoms with Gasteiger partial charge in [0.25, 0.3) is 5.69 Å². The number of nitrogens with zero attached hydrogens (tertiary/aromatic N) is 1. The van der Waals surface area contributed by atoms with Crippen LogP contribution in [0.25, 0.3) is 0 Å². The number of nitro benzene ring substituents is 1. The van der Waals surface area contributed by atoms with Gasteiger partial charge in [-0.05, 0) is 42.9 Å². The van der Waals surface area contributed by atoms with Gasteiger partial charge in [-0.15, -0.1) is 0 Å². The lowest BCUT2D eigenvalue weighted by molar-refractivity contribution is -0.385. The van der Waals surface area contributed by atoms with E-state index in [1.165, 1.54) is 6.07 Å². The third kappa shape index (κ3) is 2.02. The maximum Gasteiger partial charge on any atom is 0.272 e. The summed E-state index contributed by atoms with van der Waals surface area (Å²) in [7, 11) is 0. The second-order valence-corrected chi connectivity index (χ2v) is 4.59. The molecule has 1 aromatic carbocycles. The molecule has 0 spiro atoms. The molecule has 2 rings (SSSR count). The fourth-order valence-corrected chi connectivity index (χ4v) is 2.58. The third-order valence-corrected chi connectivity index (χ3v) is 3.67. The monoisotopic (exact) mass is 238 g/mol. The summed E-state index contributed by atoms with van der Waals surface area (Å²) >= 11 is 0. The molecule has 5 heteroatoms. The van der Waals surface area contributed by atoms with Gasteiger partial charge in [-0.2, -0.15) is 0 Å². The molecule has 1 fully saturated rings. The number of rotatable bonds is 4. The van der Waals surface area contributed by atoms with Crippen LogP contribution < -0.4 is 5.73 Å². The van der Waals surface area contributed by atoms with Gasteiger partial charge in [0.2, 0.25) is 0 Å². The molecule has 0 saturated heterocycles. The standard InChI is InChI=1S/C12H15FN2O2/c13-11-8-9(15(16)17)2-3-10(11)12(6-7-14)4-1-5-12/h2-3,8H,1,4-7,14H2. The van der Waals surface area contributed by atoms with E-state index in [9.17, 15) is 14.5 Å². The average Bonchev–Trinajstić information content (AvgIpc) is 2.24. The Kier molecular flexibility index (Phi) is 3.11. The van der Waals surface area contributed by atoms with Crippen LogP contribution in [-0.4, -0.2) is 11.5 Å². The zero-order valence-electron chi connectivity index (χ0n) is 9.49. The lowest BCUT2D eigenvalue weighted by Crippen LogP contribution is -2.37. The van der Waals surface area contributed by atoms with Gasteiger partial charge in [-0.3, -0.25) is 10.1 Å². The zero-order valence-corrected chi connectivity index (χ0v) is 9.49. The first-order chi connectivity index (χ1) is 8.09. The van der Waals surface area contributed by atoms with Crippen LogP contribution in [-0.2, 0) is 5.41 Å². The first-order valence-corrected chi connectivity index (χ1v) is 5.73. The summed E-state index contributed by atoms with van der Waals surface area (Å²) < 4.78 is 13.9. The van der Waals surface area contributed by atoms with E-state index in [1.807, 2.05) is 0 Å². The molecule has 92 valence electrons. The smallest absolute Gasteiger partial charge is 0.272 e. The van der Waals surface area contributed by atoms with Crippen molar-refractivity contribution < 1.29 is 9.31 Å². The predicted octanol–water partition coefficient (Wildman–Crippen LogP) is 2.50.